The normalized spacial score (nSPS) is 24.2. The van der Waals surface area contributed by atoms with Crippen molar-refractivity contribution < 1.29 is 28.1 Å². The molecule has 5 N–H and O–H groups in total. The molecule has 69 heavy (non-hydrogen) atoms. The number of hydrogen-bond acceptors (Lipinski definition) is 16. The zero-order valence-electron chi connectivity index (χ0n) is 40.5. The van der Waals surface area contributed by atoms with Gasteiger partial charge in [0.25, 0.3) is 0 Å². The van der Waals surface area contributed by atoms with E-state index in [9.17, 15) is 4.79 Å². The molecule has 22 heteroatoms. The van der Waals surface area contributed by atoms with Crippen LogP contribution < -0.4 is 26.2 Å². The standard InChI is InChI=1S/C47H65FN16O5/c1-27(2)51-45(65)68-37-19-30(18-33(37)48)35-21-39(54-43-50-23-28(3)42-52-31(25-66-6)24-63(42)43)59-64(35)26-60-14-16-61(17-15-60)41-22-40-49-12-13-62(40)44(55-41)53-38-20-34(57-58-38)32-8-9-36(29(32)4)69-46(67-7)56-47(5)10-11-47/h12-13,20-24,27,29-30,32-33,36-37,46,56H,8-11,14-19,25-26H2,1-7H3,(H,51,65)(H,50,54,59)(H2,53,55,57,58)/t29-,30+,32-,33-,36+,37+,46?/m1/s1. The molecule has 1 amide bonds. The van der Waals surface area contributed by atoms with Crippen LogP contribution in [-0.4, -0.2) is 136 Å². The number of rotatable bonds is 18. The number of ether oxygens (including phenoxy) is 4. The van der Waals surface area contributed by atoms with Crippen molar-refractivity contribution in [1.29, 1.82) is 0 Å². The number of piperazine rings is 1. The second-order valence-electron chi connectivity index (χ2n) is 19.8. The lowest BCUT2D eigenvalue weighted by Crippen LogP contribution is -2.47. The van der Waals surface area contributed by atoms with Gasteiger partial charge in [0.1, 0.15) is 29.4 Å². The molecule has 4 fully saturated rings. The van der Waals surface area contributed by atoms with Crippen molar-refractivity contribution in [3.05, 3.63) is 65.6 Å². The third-order valence-corrected chi connectivity index (χ3v) is 14.2. The maximum Gasteiger partial charge on any atom is 0.407 e. The first kappa shape index (κ1) is 46.8. The molecule has 0 aromatic carbocycles. The Labute approximate surface area is 400 Å². The SMILES string of the molecule is COCc1cn2c(Nc3cc([C@H]4C[C@@H](F)[C@@H](OC(=O)NC(C)C)C4)n(CN4CCN(c5cc6nccn6c(Nc6cc([C@@H]7CC[C@H](OC(NC8(C)CC8)OC)[C@@H]7C)[nH]n6)n5)CC4)n3)ncc(C)c2n1. The highest BCUT2D eigenvalue weighted by Gasteiger charge is 2.43. The average Bonchev–Trinajstić information content (AvgIpc) is 4.05. The van der Waals surface area contributed by atoms with Gasteiger partial charge in [-0.2, -0.15) is 15.2 Å². The van der Waals surface area contributed by atoms with E-state index in [1.807, 2.05) is 58.8 Å². The van der Waals surface area contributed by atoms with Crippen molar-refractivity contribution in [1.82, 2.24) is 64.2 Å². The van der Waals surface area contributed by atoms with Gasteiger partial charge in [-0.05, 0) is 72.1 Å². The Bertz CT molecular complexity index is 2740. The van der Waals surface area contributed by atoms with Crippen LogP contribution in [-0.2, 0) is 32.2 Å². The third kappa shape index (κ3) is 10.2. The Hall–Kier alpha value is -5.94. The summed E-state index contributed by atoms with van der Waals surface area (Å²) < 4.78 is 44.4. The minimum Gasteiger partial charge on any atom is -0.443 e. The Morgan fingerprint density at radius 1 is 0.986 bits per heavy atom. The van der Waals surface area contributed by atoms with E-state index in [2.05, 4.69) is 71.1 Å². The van der Waals surface area contributed by atoms with E-state index in [0.717, 1.165) is 65.4 Å². The molecule has 7 heterocycles. The summed E-state index contributed by atoms with van der Waals surface area (Å²) in [5.41, 5.74) is 5.23. The van der Waals surface area contributed by atoms with E-state index in [1.165, 1.54) is 0 Å². The van der Waals surface area contributed by atoms with Gasteiger partial charge in [0.15, 0.2) is 11.6 Å². The summed E-state index contributed by atoms with van der Waals surface area (Å²) in [7, 11) is 3.33. The number of carbonyl (C=O) groups is 1. The minimum atomic E-state index is -1.31. The molecular weight excluding hydrogens is 888 g/mol. The number of aromatic amines is 1. The number of halogens is 1. The number of nitrogens with one attached hydrogen (secondary N) is 5. The monoisotopic (exact) mass is 953 g/mol. The van der Waals surface area contributed by atoms with Crippen LogP contribution in [0.1, 0.15) is 101 Å². The zero-order chi connectivity index (χ0) is 48.0. The van der Waals surface area contributed by atoms with Gasteiger partial charge >= 0.3 is 6.09 Å². The van der Waals surface area contributed by atoms with Gasteiger partial charge in [-0.25, -0.2) is 24.1 Å². The zero-order valence-corrected chi connectivity index (χ0v) is 40.5. The number of imidazole rings is 2. The van der Waals surface area contributed by atoms with E-state index < -0.39 is 24.8 Å². The first-order chi connectivity index (χ1) is 33.3. The van der Waals surface area contributed by atoms with Gasteiger partial charge in [0.05, 0.1) is 25.1 Å². The van der Waals surface area contributed by atoms with E-state index in [0.29, 0.717) is 69.4 Å². The maximum atomic E-state index is 15.6. The molecule has 370 valence electrons. The third-order valence-electron chi connectivity index (χ3n) is 14.2. The van der Waals surface area contributed by atoms with Crippen molar-refractivity contribution in [2.24, 2.45) is 5.92 Å². The summed E-state index contributed by atoms with van der Waals surface area (Å²) in [4.78, 5) is 36.3. The Balaban J connectivity index is 0.822. The smallest absolute Gasteiger partial charge is 0.407 e. The molecule has 21 nitrogen and oxygen atoms in total. The Kier molecular flexibility index (Phi) is 13.2. The highest BCUT2D eigenvalue weighted by molar-refractivity contribution is 5.68. The van der Waals surface area contributed by atoms with Gasteiger partial charge in [-0.15, -0.1) is 0 Å². The van der Waals surface area contributed by atoms with Crippen molar-refractivity contribution in [3.63, 3.8) is 0 Å². The first-order valence-electron chi connectivity index (χ1n) is 24.2. The first-order valence-corrected chi connectivity index (χ1v) is 24.2. The molecule has 3 saturated carbocycles. The highest BCUT2D eigenvalue weighted by Crippen LogP contribution is 2.43. The predicted molar refractivity (Wildman–Crippen MR) is 256 cm³/mol. The van der Waals surface area contributed by atoms with Crippen molar-refractivity contribution >= 4 is 46.7 Å². The second kappa shape index (κ2) is 19.5. The van der Waals surface area contributed by atoms with Crippen LogP contribution >= 0.6 is 0 Å². The summed E-state index contributed by atoms with van der Waals surface area (Å²) in [6.45, 7) is 13.7. The number of carbonyl (C=O) groups excluding carboxylic acids is 1. The molecule has 6 aromatic heterocycles. The quantitative estimate of drug-likeness (QED) is 0.0615. The molecule has 4 aliphatic rings. The van der Waals surface area contributed by atoms with Crippen LogP contribution in [0.5, 0.6) is 0 Å². The van der Waals surface area contributed by atoms with Gasteiger partial charge in [-0.1, -0.05) is 6.92 Å². The average molecular weight is 953 g/mol. The highest BCUT2D eigenvalue weighted by atomic mass is 19.1. The fraction of sp³-hybridized carbons (Fsp3) is 0.596. The number of anilines is 5. The molecular formula is C47H65FN16O5. The number of nitrogens with zero attached hydrogens (tertiary/aromatic N) is 11. The fourth-order valence-electron chi connectivity index (χ4n) is 10.1. The molecule has 1 saturated heterocycles. The number of fused-ring (bicyclic) bond motifs is 2. The molecule has 10 rings (SSSR count). The number of aromatic nitrogens is 10. The Morgan fingerprint density at radius 2 is 1.80 bits per heavy atom. The summed E-state index contributed by atoms with van der Waals surface area (Å²) in [5, 5.41) is 26.1. The number of alkyl carbamates (subject to hydrolysis) is 1. The lowest BCUT2D eigenvalue weighted by atomic mass is 9.94. The number of H-pyrrole nitrogens is 1. The van der Waals surface area contributed by atoms with Crippen LogP contribution in [0.15, 0.2) is 43.0 Å². The van der Waals surface area contributed by atoms with Crippen molar-refractivity contribution in [2.45, 2.75) is 135 Å². The molecule has 7 atom stereocenters. The largest absolute Gasteiger partial charge is 0.443 e. The number of aryl methyl sites for hydroxylation is 1. The number of hydrogen-bond donors (Lipinski definition) is 5. The van der Waals surface area contributed by atoms with E-state index in [-0.39, 0.29) is 41.9 Å². The molecule has 0 spiro atoms. The molecule has 0 bridgehead atoms. The van der Waals surface area contributed by atoms with Crippen LogP contribution in [0.4, 0.5) is 38.5 Å². The van der Waals surface area contributed by atoms with E-state index in [1.54, 1.807) is 26.6 Å². The summed E-state index contributed by atoms with van der Waals surface area (Å²) >= 11 is 0. The second-order valence-corrected chi connectivity index (χ2v) is 19.8. The van der Waals surface area contributed by atoms with Crippen molar-refractivity contribution in [3.8, 4) is 0 Å². The molecule has 0 radical (unpaired) electrons. The Morgan fingerprint density at radius 3 is 2.57 bits per heavy atom. The molecule has 1 unspecified atom stereocenters. The van der Waals surface area contributed by atoms with E-state index in [4.69, 9.17) is 34.0 Å². The van der Waals surface area contributed by atoms with Gasteiger partial charge < -0.3 is 39.8 Å². The topological polar surface area (TPSA) is 215 Å². The lowest BCUT2D eigenvalue weighted by molar-refractivity contribution is -0.184. The molecule has 3 aliphatic carbocycles. The molecule has 1 aliphatic heterocycles. The maximum absolute atomic E-state index is 15.6. The fourth-order valence-corrected chi connectivity index (χ4v) is 10.1. The van der Waals surface area contributed by atoms with Gasteiger partial charge in [0.2, 0.25) is 18.3 Å². The minimum absolute atomic E-state index is 0.0659. The van der Waals surface area contributed by atoms with Gasteiger partial charge in [-0.3, -0.25) is 28.8 Å². The predicted octanol–water partition coefficient (Wildman–Crippen LogP) is 6.10. The number of amides is 1. The number of methoxy groups -OCH3 is 2. The summed E-state index contributed by atoms with van der Waals surface area (Å²) in [5.74, 6) is 3.48. The van der Waals surface area contributed by atoms with E-state index >= 15 is 4.39 Å². The van der Waals surface area contributed by atoms with Gasteiger partial charge in [0, 0.05) is 124 Å². The van der Waals surface area contributed by atoms with Crippen LogP contribution in [0.25, 0.3) is 11.3 Å². The summed E-state index contributed by atoms with van der Waals surface area (Å²) in [6, 6.07) is 5.91. The lowest BCUT2D eigenvalue weighted by Gasteiger charge is -2.35. The summed E-state index contributed by atoms with van der Waals surface area (Å²) in [6.07, 6.45) is 8.89. The van der Waals surface area contributed by atoms with Crippen LogP contribution in [0.2, 0.25) is 0 Å². The van der Waals surface area contributed by atoms with Crippen molar-refractivity contribution in [2.75, 3.05) is 55.9 Å². The van der Waals surface area contributed by atoms with Crippen LogP contribution in [0.3, 0.4) is 0 Å². The molecule has 6 aromatic rings. The number of alkyl halides is 1. The van der Waals surface area contributed by atoms with Crippen LogP contribution in [0, 0.1) is 12.8 Å².